The molecule has 1 heterocycles. The Hall–Kier alpha value is -1.85. The maximum Gasteiger partial charge on any atom is 0.270 e. The monoisotopic (exact) mass is 293 g/mol. The normalized spacial score (nSPS) is 12.2. The highest BCUT2D eigenvalue weighted by Crippen LogP contribution is 2.17. The van der Waals surface area contributed by atoms with Crippen LogP contribution in [0.25, 0.3) is 0 Å². The van der Waals surface area contributed by atoms with Crippen LogP contribution in [-0.4, -0.2) is 27.4 Å². The van der Waals surface area contributed by atoms with Crippen molar-refractivity contribution >= 4 is 17.5 Å². The summed E-state index contributed by atoms with van der Waals surface area (Å²) in [5, 5.41) is 17.0. The number of benzene rings is 1. The minimum absolute atomic E-state index is 0.190. The lowest BCUT2D eigenvalue weighted by Crippen LogP contribution is -2.32. The minimum atomic E-state index is -0.477. The van der Waals surface area contributed by atoms with Crippen LogP contribution in [0, 0.1) is 6.92 Å². The van der Waals surface area contributed by atoms with Crippen molar-refractivity contribution in [1.82, 2.24) is 15.1 Å². The molecular formula is C14H16ClN3O2. The van der Waals surface area contributed by atoms with Gasteiger partial charge in [0.15, 0.2) is 0 Å². The zero-order valence-electron chi connectivity index (χ0n) is 11.3. The van der Waals surface area contributed by atoms with E-state index >= 15 is 0 Å². The van der Waals surface area contributed by atoms with Crippen LogP contribution >= 0.6 is 11.6 Å². The zero-order chi connectivity index (χ0) is 14.7. The standard InChI is InChI=1S/C14H16ClN3O2/c1-9-7-13(18(2)17-9)14(20)16-12(8-19)10-3-5-11(15)6-4-10/h3-7,12,19H,8H2,1-2H3,(H,16,20). The maximum atomic E-state index is 12.2. The Balaban J connectivity index is 2.16. The van der Waals surface area contributed by atoms with Crippen LogP contribution in [0.5, 0.6) is 0 Å². The van der Waals surface area contributed by atoms with Crippen LogP contribution < -0.4 is 5.32 Å². The highest BCUT2D eigenvalue weighted by Gasteiger charge is 2.17. The molecule has 5 nitrogen and oxygen atoms in total. The molecule has 2 rings (SSSR count). The fourth-order valence-electron chi connectivity index (χ4n) is 1.98. The molecule has 1 unspecified atom stereocenters. The van der Waals surface area contributed by atoms with Crippen LogP contribution in [0.3, 0.4) is 0 Å². The van der Waals surface area contributed by atoms with E-state index in [4.69, 9.17) is 11.6 Å². The van der Waals surface area contributed by atoms with Crippen LogP contribution in [-0.2, 0) is 7.05 Å². The summed E-state index contributed by atoms with van der Waals surface area (Å²) in [6.45, 7) is 1.63. The van der Waals surface area contributed by atoms with Gasteiger partial charge in [-0.05, 0) is 30.7 Å². The first kappa shape index (κ1) is 14.6. The van der Waals surface area contributed by atoms with Crippen molar-refractivity contribution in [3.63, 3.8) is 0 Å². The second-order valence-corrected chi connectivity index (χ2v) is 4.99. The fourth-order valence-corrected chi connectivity index (χ4v) is 2.11. The number of aryl methyl sites for hydroxylation is 2. The molecule has 20 heavy (non-hydrogen) atoms. The van der Waals surface area contributed by atoms with Crippen LogP contribution in [0.15, 0.2) is 30.3 Å². The lowest BCUT2D eigenvalue weighted by Gasteiger charge is -2.16. The molecule has 1 aromatic carbocycles. The van der Waals surface area contributed by atoms with Gasteiger partial charge in [-0.25, -0.2) is 0 Å². The smallest absolute Gasteiger partial charge is 0.270 e. The summed E-state index contributed by atoms with van der Waals surface area (Å²) in [7, 11) is 1.71. The van der Waals surface area contributed by atoms with Gasteiger partial charge in [0, 0.05) is 12.1 Å². The predicted octanol–water partition coefficient (Wildman–Crippen LogP) is 1.85. The van der Waals surface area contributed by atoms with E-state index in [-0.39, 0.29) is 12.5 Å². The summed E-state index contributed by atoms with van der Waals surface area (Å²) >= 11 is 5.82. The Morgan fingerprint density at radius 2 is 2.10 bits per heavy atom. The van der Waals surface area contributed by atoms with Gasteiger partial charge in [0.1, 0.15) is 5.69 Å². The summed E-state index contributed by atoms with van der Waals surface area (Å²) in [4.78, 5) is 12.2. The van der Waals surface area contributed by atoms with Crippen molar-refractivity contribution in [3.8, 4) is 0 Å². The molecule has 0 bridgehead atoms. The van der Waals surface area contributed by atoms with Crippen LogP contribution in [0.2, 0.25) is 5.02 Å². The molecule has 1 atom stereocenters. The van der Waals surface area contributed by atoms with E-state index in [9.17, 15) is 9.90 Å². The summed E-state index contributed by atoms with van der Waals surface area (Å²) in [6.07, 6.45) is 0. The largest absolute Gasteiger partial charge is 0.394 e. The number of carbonyl (C=O) groups excluding carboxylic acids is 1. The van der Waals surface area contributed by atoms with Crippen molar-refractivity contribution in [2.24, 2.45) is 7.05 Å². The lowest BCUT2D eigenvalue weighted by molar-refractivity contribution is 0.0906. The van der Waals surface area contributed by atoms with E-state index < -0.39 is 6.04 Å². The Morgan fingerprint density at radius 1 is 1.45 bits per heavy atom. The number of hydrogen-bond donors (Lipinski definition) is 2. The van der Waals surface area contributed by atoms with E-state index in [0.29, 0.717) is 10.7 Å². The van der Waals surface area contributed by atoms with Crippen molar-refractivity contribution in [3.05, 3.63) is 52.3 Å². The highest BCUT2D eigenvalue weighted by atomic mass is 35.5. The second kappa shape index (κ2) is 6.07. The third-order valence-electron chi connectivity index (χ3n) is 2.99. The van der Waals surface area contributed by atoms with E-state index in [1.807, 2.05) is 6.92 Å². The third kappa shape index (κ3) is 3.18. The van der Waals surface area contributed by atoms with Crippen molar-refractivity contribution in [2.45, 2.75) is 13.0 Å². The van der Waals surface area contributed by atoms with E-state index in [1.165, 1.54) is 4.68 Å². The van der Waals surface area contributed by atoms with Gasteiger partial charge in [-0.3, -0.25) is 9.48 Å². The number of nitrogens with one attached hydrogen (secondary N) is 1. The average molecular weight is 294 g/mol. The van der Waals surface area contributed by atoms with Gasteiger partial charge in [0.2, 0.25) is 0 Å². The summed E-state index contributed by atoms with van der Waals surface area (Å²) in [5.41, 5.74) is 2.02. The third-order valence-corrected chi connectivity index (χ3v) is 3.25. The molecule has 0 aliphatic heterocycles. The van der Waals surface area contributed by atoms with Gasteiger partial charge < -0.3 is 10.4 Å². The molecule has 0 fully saturated rings. The van der Waals surface area contributed by atoms with E-state index in [2.05, 4.69) is 10.4 Å². The molecule has 0 saturated carbocycles. The number of rotatable bonds is 4. The predicted molar refractivity (Wildman–Crippen MR) is 76.7 cm³/mol. The zero-order valence-corrected chi connectivity index (χ0v) is 12.1. The molecule has 0 saturated heterocycles. The first-order valence-electron chi connectivity index (χ1n) is 6.19. The lowest BCUT2D eigenvalue weighted by atomic mass is 10.1. The van der Waals surface area contributed by atoms with E-state index in [0.717, 1.165) is 11.3 Å². The molecule has 1 amide bonds. The summed E-state index contributed by atoms with van der Waals surface area (Å²) in [5.74, 6) is -0.276. The van der Waals surface area contributed by atoms with Crippen molar-refractivity contribution < 1.29 is 9.90 Å². The number of aliphatic hydroxyl groups excluding tert-OH is 1. The minimum Gasteiger partial charge on any atom is -0.394 e. The van der Waals surface area contributed by atoms with Gasteiger partial charge in [0.05, 0.1) is 18.3 Å². The summed E-state index contributed by atoms with van der Waals surface area (Å²) < 4.78 is 1.51. The van der Waals surface area contributed by atoms with Crippen molar-refractivity contribution in [1.29, 1.82) is 0 Å². The molecule has 2 aromatic rings. The number of aromatic nitrogens is 2. The molecular weight excluding hydrogens is 278 g/mol. The number of nitrogens with zero attached hydrogens (tertiary/aromatic N) is 2. The number of amides is 1. The quantitative estimate of drug-likeness (QED) is 0.904. The SMILES string of the molecule is Cc1cc(C(=O)NC(CO)c2ccc(Cl)cc2)n(C)n1. The molecule has 6 heteroatoms. The highest BCUT2D eigenvalue weighted by molar-refractivity contribution is 6.30. The first-order chi connectivity index (χ1) is 9.51. The van der Waals surface area contributed by atoms with Gasteiger partial charge in [-0.2, -0.15) is 5.10 Å². The Bertz CT molecular complexity index is 607. The van der Waals surface area contributed by atoms with Gasteiger partial charge in [-0.15, -0.1) is 0 Å². The Morgan fingerprint density at radius 3 is 2.60 bits per heavy atom. The molecule has 2 N–H and O–H groups in total. The number of hydrogen-bond acceptors (Lipinski definition) is 3. The van der Waals surface area contributed by atoms with Gasteiger partial charge in [-0.1, -0.05) is 23.7 Å². The van der Waals surface area contributed by atoms with Gasteiger partial charge >= 0.3 is 0 Å². The average Bonchev–Trinajstić information content (AvgIpc) is 2.76. The number of carbonyl (C=O) groups is 1. The number of halogens is 1. The molecule has 1 aromatic heterocycles. The molecule has 0 spiro atoms. The van der Waals surface area contributed by atoms with Crippen molar-refractivity contribution in [2.75, 3.05) is 6.61 Å². The number of aliphatic hydroxyl groups is 1. The second-order valence-electron chi connectivity index (χ2n) is 4.55. The molecule has 0 aliphatic rings. The Labute approximate surface area is 122 Å². The Kier molecular flexibility index (Phi) is 4.42. The molecule has 0 radical (unpaired) electrons. The summed E-state index contributed by atoms with van der Waals surface area (Å²) in [6, 6.07) is 8.22. The molecule has 0 aliphatic carbocycles. The maximum absolute atomic E-state index is 12.2. The van der Waals surface area contributed by atoms with Crippen LogP contribution in [0.1, 0.15) is 27.8 Å². The van der Waals surface area contributed by atoms with Crippen LogP contribution in [0.4, 0.5) is 0 Å². The molecule has 106 valence electrons. The van der Waals surface area contributed by atoms with E-state index in [1.54, 1.807) is 37.4 Å². The fraction of sp³-hybridized carbons (Fsp3) is 0.286. The topological polar surface area (TPSA) is 67.2 Å². The van der Waals surface area contributed by atoms with Gasteiger partial charge in [0.25, 0.3) is 5.91 Å². The first-order valence-corrected chi connectivity index (χ1v) is 6.57.